The van der Waals surface area contributed by atoms with E-state index in [9.17, 15) is 9.59 Å². The van der Waals surface area contributed by atoms with E-state index in [4.69, 9.17) is 5.11 Å². The van der Waals surface area contributed by atoms with E-state index in [0.717, 1.165) is 12.5 Å². The van der Waals surface area contributed by atoms with Crippen LogP contribution in [-0.2, 0) is 9.59 Å². The van der Waals surface area contributed by atoms with Gasteiger partial charge in [0.1, 0.15) is 0 Å². The number of hydrogen-bond donors (Lipinski definition) is 2. The molecule has 1 amide bonds. The Morgan fingerprint density at radius 1 is 1.62 bits per heavy atom. The zero-order valence-corrected chi connectivity index (χ0v) is 8.12. The fourth-order valence-corrected chi connectivity index (χ4v) is 0.442. The van der Waals surface area contributed by atoms with E-state index in [1.807, 2.05) is 13.8 Å². The molecule has 0 heterocycles. The molecule has 0 radical (unpaired) electrons. The zero-order valence-electron chi connectivity index (χ0n) is 8.12. The maximum atomic E-state index is 9.97. The van der Waals surface area contributed by atoms with Crippen molar-refractivity contribution in [1.29, 1.82) is 0 Å². The molecule has 1 atom stereocenters. The lowest BCUT2D eigenvalue weighted by molar-refractivity contribution is -0.138. The number of carbonyl (C=O) groups excluding carboxylic acids is 1. The molecule has 0 aromatic heterocycles. The van der Waals surface area contributed by atoms with Crippen LogP contribution in [0.15, 0.2) is 12.7 Å². The van der Waals surface area contributed by atoms with Crippen molar-refractivity contribution in [3.8, 4) is 0 Å². The quantitative estimate of drug-likeness (QED) is 0.648. The zero-order chi connectivity index (χ0) is 10.9. The van der Waals surface area contributed by atoms with Crippen LogP contribution in [0.1, 0.15) is 26.7 Å². The van der Waals surface area contributed by atoms with Gasteiger partial charge in [-0.3, -0.25) is 9.59 Å². The minimum Gasteiger partial charge on any atom is -0.481 e. The van der Waals surface area contributed by atoms with Gasteiger partial charge in [-0.25, -0.2) is 0 Å². The second-order valence-corrected chi connectivity index (χ2v) is 2.72. The lowest BCUT2D eigenvalue weighted by Crippen LogP contribution is -2.04. The molecule has 0 aliphatic carbocycles. The Hall–Kier alpha value is -1.32. The summed E-state index contributed by atoms with van der Waals surface area (Å²) in [6.07, 6.45) is 2.31. The lowest BCUT2D eigenvalue weighted by Gasteiger charge is -2.00. The first-order valence-corrected chi connectivity index (χ1v) is 4.07. The van der Waals surface area contributed by atoms with Crippen LogP contribution in [0.25, 0.3) is 0 Å². The summed E-state index contributed by atoms with van der Waals surface area (Å²) in [7, 11) is 0. The summed E-state index contributed by atoms with van der Waals surface area (Å²) in [5.41, 5.74) is 4.53. The molecule has 0 bridgehead atoms. The topological polar surface area (TPSA) is 80.4 Å². The number of carboxylic acid groups (broad SMARTS) is 1. The largest absolute Gasteiger partial charge is 0.481 e. The number of hydrogen-bond acceptors (Lipinski definition) is 2. The number of nitrogens with two attached hydrogens (primary N) is 1. The summed E-state index contributed by atoms with van der Waals surface area (Å²) in [5.74, 6) is -0.850. The average molecular weight is 187 g/mol. The van der Waals surface area contributed by atoms with Gasteiger partial charge in [-0.2, -0.15) is 0 Å². The molecule has 0 saturated heterocycles. The molecular weight excluding hydrogens is 170 g/mol. The molecule has 0 spiro atoms. The number of rotatable bonds is 4. The third-order valence-corrected chi connectivity index (χ3v) is 1.42. The Labute approximate surface area is 78.4 Å². The first kappa shape index (κ1) is 14.2. The fourth-order valence-electron chi connectivity index (χ4n) is 0.442. The highest BCUT2D eigenvalue weighted by Gasteiger charge is 2.02. The molecule has 0 saturated carbocycles. The molecule has 0 fully saturated rings. The van der Waals surface area contributed by atoms with Crippen LogP contribution in [0, 0.1) is 5.92 Å². The van der Waals surface area contributed by atoms with Crippen LogP contribution < -0.4 is 5.73 Å². The second kappa shape index (κ2) is 8.77. The van der Waals surface area contributed by atoms with E-state index in [0.29, 0.717) is 12.3 Å². The lowest BCUT2D eigenvalue weighted by atomic mass is 10.1. The van der Waals surface area contributed by atoms with Gasteiger partial charge in [0.2, 0.25) is 5.91 Å². The highest BCUT2D eigenvalue weighted by Crippen LogP contribution is 2.04. The molecule has 0 aromatic carbocycles. The number of carbonyl (C=O) groups is 2. The van der Waals surface area contributed by atoms with E-state index in [2.05, 4.69) is 12.3 Å². The van der Waals surface area contributed by atoms with Gasteiger partial charge in [0.25, 0.3) is 0 Å². The fraction of sp³-hybridized carbons (Fsp3) is 0.556. The van der Waals surface area contributed by atoms with Crippen LogP contribution in [0.2, 0.25) is 0 Å². The van der Waals surface area contributed by atoms with Gasteiger partial charge in [-0.15, -0.1) is 0 Å². The van der Waals surface area contributed by atoms with E-state index in [1.54, 1.807) is 0 Å². The molecule has 3 N–H and O–H groups in total. The van der Waals surface area contributed by atoms with Crippen molar-refractivity contribution >= 4 is 11.9 Å². The standard InChI is InChI=1S/C6H12O2.C3H5NO/c1-3-5(2)4-6(7)8;1-2-3(4)5/h5H,3-4H2,1-2H3,(H,7,8);2H,1H2,(H2,4,5). The van der Waals surface area contributed by atoms with Gasteiger partial charge in [0.05, 0.1) is 0 Å². The summed E-state index contributed by atoms with van der Waals surface area (Å²) in [4.78, 5) is 19.4. The Balaban J connectivity index is 0. The van der Waals surface area contributed by atoms with Crippen molar-refractivity contribution in [2.24, 2.45) is 11.7 Å². The van der Waals surface area contributed by atoms with Crippen molar-refractivity contribution in [2.45, 2.75) is 26.7 Å². The first-order chi connectivity index (χ1) is 5.93. The summed E-state index contributed by atoms with van der Waals surface area (Å²) in [6.45, 7) is 7.02. The van der Waals surface area contributed by atoms with E-state index < -0.39 is 11.9 Å². The average Bonchev–Trinajstić information content (AvgIpc) is 2.04. The highest BCUT2D eigenvalue weighted by atomic mass is 16.4. The number of aliphatic carboxylic acids is 1. The van der Waals surface area contributed by atoms with Gasteiger partial charge in [0.15, 0.2) is 0 Å². The third kappa shape index (κ3) is 18.0. The number of amides is 1. The Bertz CT molecular complexity index is 178. The predicted octanol–water partition coefficient (Wildman–Crippen LogP) is 1.16. The van der Waals surface area contributed by atoms with Crippen molar-refractivity contribution in [3.05, 3.63) is 12.7 Å². The van der Waals surface area contributed by atoms with E-state index >= 15 is 0 Å². The smallest absolute Gasteiger partial charge is 0.303 e. The molecule has 4 heteroatoms. The van der Waals surface area contributed by atoms with E-state index in [-0.39, 0.29) is 0 Å². The van der Waals surface area contributed by atoms with Crippen molar-refractivity contribution in [1.82, 2.24) is 0 Å². The minimum atomic E-state index is -0.695. The monoisotopic (exact) mass is 187 g/mol. The number of carboxylic acids is 1. The van der Waals surface area contributed by atoms with Crippen molar-refractivity contribution in [3.63, 3.8) is 0 Å². The van der Waals surface area contributed by atoms with Crippen LogP contribution in [0.4, 0.5) is 0 Å². The molecule has 76 valence electrons. The molecule has 0 aromatic rings. The first-order valence-electron chi connectivity index (χ1n) is 4.07. The van der Waals surface area contributed by atoms with Crippen molar-refractivity contribution in [2.75, 3.05) is 0 Å². The van der Waals surface area contributed by atoms with Crippen LogP contribution in [-0.4, -0.2) is 17.0 Å². The van der Waals surface area contributed by atoms with Gasteiger partial charge >= 0.3 is 5.97 Å². The molecule has 0 rings (SSSR count). The molecule has 0 aliphatic heterocycles. The molecule has 0 aliphatic rings. The summed E-state index contributed by atoms with van der Waals surface area (Å²) in [5, 5.41) is 8.22. The van der Waals surface area contributed by atoms with Crippen LogP contribution in [0.3, 0.4) is 0 Å². The maximum absolute atomic E-state index is 9.97. The Kier molecular flexibility index (Phi) is 9.60. The molecule has 4 nitrogen and oxygen atoms in total. The molecule has 1 unspecified atom stereocenters. The summed E-state index contributed by atoms with van der Waals surface area (Å²) >= 11 is 0. The molecule has 13 heavy (non-hydrogen) atoms. The van der Waals surface area contributed by atoms with E-state index in [1.165, 1.54) is 0 Å². The summed E-state index contributed by atoms with van der Waals surface area (Å²) in [6, 6.07) is 0. The number of primary amides is 1. The van der Waals surface area contributed by atoms with Gasteiger partial charge in [0, 0.05) is 6.42 Å². The Morgan fingerprint density at radius 3 is 2.08 bits per heavy atom. The highest BCUT2D eigenvalue weighted by molar-refractivity contribution is 5.84. The van der Waals surface area contributed by atoms with Gasteiger partial charge < -0.3 is 10.8 Å². The van der Waals surface area contributed by atoms with Crippen LogP contribution >= 0.6 is 0 Å². The SMILES string of the molecule is C=CC(N)=O.CCC(C)CC(=O)O. The normalized spacial score (nSPS) is 10.6. The summed E-state index contributed by atoms with van der Waals surface area (Å²) < 4.78 is 0. The predicted molar refractivity (Wildman–Crippen MR) is 51.1 cm³/mol. The third-order valence-electron chi connectivity index (χ3n) is 1.42. The van der Waals surface area contributed by atoms with Gasteiger partial charge in [-0.05, 0) is 12.0 Å². The Morgan fingerprint density at radius 2 is 2.00 bits per heavy atom. The van der Waals surface area contributed by atoms with Crippen LogP contribution in [0.5, 0.6) is 0 Å². The minimum absolute atomic E-state index is 0.302. The second-order valence-electron chi connectivity index (χ2n) is 2.72. The van der Waals surface area contributed by atoms with Gasteiger partial charge in [-0.1, -0.05) is 26.8 Å². The maximum Gasteiger partial charge on any atom is 0.303 e. The van der Waals surface area contributed by atoms with Crippen molar-refractivity contribution < 1.29 is 14.7 Å². The molecular formula is C9H17NO3.